The Kier molecular flexibility index (Phi) is 5.61. The van der Waals surface area contributed by atoms with Crippen molar-refractivity contribution in [1.29, 1.82) is 0 Å². The molecule has 166 valence electrons. The molecule has 4 aliphatic rings. The van der Waals surface area contributed by atoms with Crippen molar-refractivity contribution in [2.24, 2.45) is 34.0 Å². The lowest BCUT2D eigenvalue weighted by atomic mass is 9.49. The third kappa shape index (κ3) is 4.94. The Morgan fingerprint density at radius 3 is 1.87 bits per heavy atom. The van der Waals surface area contributed by atoms with Crippen LogP contribution >= 0.6 is 0 Å². The van der Waals surface area contributed by atoms with E-state index in [-0.39, 0.29) is 22.2 Å². The van der Waals surface area contributed by atoms with Crippen molar-refractivity contribution in [2.75, 3.05) is 0 Å². The molecule has 0 spiro atoms. The van der Waals surface area contributed by atoms with Crippen LogP contribution in [0, 0.1) is 34.0 Å². The standard InChI is InChI=1S/C28H42O2/c1-26(2,3)17-24(27(4,5)6)22-7-9-23(10-8-22)30-25(29)18-28-14-19-11-20(15-28)13-21(12-19)16-28/h7-10,19-21,24H,11-18H2,1-6H3. The average Bonchev–Trinajstić information content (AvgIpc) is 2.57. The number of rotatable bonds is 5. The maximum atomic E-state index is 12.8. The van der Waals surface area contributed by atoms with E-state index in [1.54, 1.807) is 0 Å². The molecule has 0 amide bonds. The number of carbonyl (C=O) groups excluding carboxylic acids is 1. The molecule has 4 aliphatic carbocycles. The maximum absolute atomic E-state index is 12.8. The lowest BCUT2D eigenvalue weighted by Gasteiger charge is -2.56. The van der Waals surface area contributed by atoms with Crippen LogP contribution < -0.4 is 4.74 Å². The molecule has 1 atom stereocenters. The van der Waals surface area contributed by atoms with Gasteiger partial charge in [-0.2, -0.15) is 0 Å². The van der Waals surface area contributed by atoms with Crippen LogP contribution in [0.2, 0.25) is 0 Å². The number of ether oxygens (including phenoxy) is 1. The van der Waals surface area contributed by atoms with Crippen molar-refractivity contribution >= 4 is 5.97 Å². The second kappa shape index (κ2) is 7.68. The minimum atomic E-state index is -0.0215. The van der Waals surface area contributed by atoms with Crippen LogP contribution in [0.1, 0.15) is 104 Å². The molecular weight excluding hydrogens is 368 g/mol. The molecule has 1 aromatic rings. The molecule has 2 nitrogen and oxygen atoms in total. The molecule has 0 heterocycles. The highest BCUT2D eigenvalue weighted by Crippen LogP contribution is 2.61. The topological polar surface area (TPSA) is 26.3 Å². The van der Waals surface area contributed by atoms with Gasteiger partial charge in [0.15, 0.2) is 0 Å². The lowest BCUT2D eigenvalue weighted by Crippen LogP contribution is -2.47. The fourth-order valence-corrected chi connectivity index (χ4v) is 7.28. The van der Waals surface area contributed by atoms with Gasteiger partial charge in [-0.25, -0.2) is 0 Å². The van der Waals surface area contributed by atoms with Crippen molar-refractivity contribution in [1.82, 2.24) is 0 Å². The number of hydrogen-bond donors (Lipinski definition) is 0. The van der Waals surface area contributed by atoms with Crippen molar-refractivity contribution in [3.8, 4) is 5.75 Å². The van der Waals surface area contributed by atoms with E-state index < -0.39 is 0 Å². The molecule has 4 saturated carbocycles. The Hall–Kier alpha value is -1.31. The monoisotopic (exact) mass is 410 g/mol. The fourth-order valence-electron chi connectivity index (χ4n) is 7.28. The van der Waals surface area contributed by atoms with E-state index in [0.717, 1.165) is 24.2 Å². The zero-order valence-corrected chi connectivity index (χ0v) is 20.1. The summed E-state index contributed by atoms with van der Waals surface area (Å²) in [6.45, 7) is 13.9. The predicted octanol–water partition coefficient (Wildman–Crippen LogP) is 7.76. The molecule has 0 radical (unpaired) electrons. The van der Waals surface area contributed by atoms with Gasteiger partial charge in [0.2, 0.25) is 0 Å². The molecule has 4 fully saturated rings. The van der Waals surface area contributed by atoms with Gasteiger partial charge in [-0.1, -0.05) is 53.7 Å². The van der Waals surface area contributed by atoms with Gasteiger partial charge in [0.25, 0.3) is 0 Å². The molecule has 0 aliphatic heterocycles. The van der Waals surface area contributed by atoms with Crippen molar-refractivity contribution in [2.45, 2.75) is 98.8 Å². The summed E-state index contributed by atoms with van der Waals surface area (Å²) in [5, 5.41) is 0. The highest BCUT2D eigenvalue weighted by Gasteiger charge is 2.51. The van der Waals surface area contributed by atoms with Crippen molar-refractivity contribution in [3.63, 3.8) is 0 Å². The average molecular weight is 411 g/mol. The Morgan fingerprint density at radius 2 is 1.43 bits per heavy atom. The van der Waals surface area contributed by atoms with Gasteiger partial charge in [0, 0.05) is 0 Å². The normalized spacial score (nSPS) is 31.6. The zero-order valence-electron chi connectivity index (χ0n) is 20.1. The summed E-state index contributed by atoms with van der Waals surface area (Å²) in [7, 11) is 0. The summed E-state index contributed by atoms with van der Waals surface area (Å²) in [4.78, 5) is 12.8. The van der Waals surface area contributed by atoms with Gasteiger partial charge in [0.05, 0.1) is 6.42 Å². The summed E-state index contributed by atoms with van der Waals surface area (Å²) in [5.74, 6) is 3.79. The molecule has 0 N–H and O–H groups in total. The Bertz CT molecular complexity index is 724. The lowest BCUT2D eigenvalue weighted by molar-refractivity contribution is -0.142. The highest BCUT2D eigenvalue weighted by atomic mass is 16.5. The first-order valence-corrected chi connectivity index (χ1v) is 12.2. The third-order valence-electron chi connectivity index (χ3n) is 8.06. The highest BCUT2D eigenvalue weighted by molar-refractivity contribution is 5.73. The van der Waals surface area contributed by atoms with Crippen LogP contribution in [-0.2, 0) is 4.79 Å². The predicted molar refractivity (Wildman–Crippen MR) is 124 cm³/mol. The van der Waals surface area contributed by atoms with Gasteiger partial charge in [-0.15, -0.1) is 0 Å². The van der Waals surface area contributed by atoms with Crippen LogP contribution in [0.5, 0.6) is 5.75 Å². The molecule has 30 heavy (non-hydrogen) atoms. The smallest absolute Gasteiger partial charge is 0.311 e. The van der Waals surface area contributed by atoms with E-state index in [1.807, 2.05) is 12.1 Å². The summed E-state index contributed by atoms with van der Waals surface area (Å²) in [6, 6.07) is 8.37. The van der Waals surface area contributed by atoms with Gasteiger partial charge in [0.1, 0.15) is 5.75 Å². The van der Waals surface area contributed by atoms with Gasteiger partial charge in [-0.05, 0) is 103 Å². The van der Waals surface area contributed by atoms with Crippen LogP contribution in [0.3, 0.4) is 0 Å². The number of carbonyl (C=O) groups is 1. The maximum Gasteiger partial charge on any atom is 0.311 e. The summed E-state index contributed by atoms with van der Waals surface area (Å²) < 4.78 is 5.84. The molecule has 2 heteroatoms. The molecule has 5 rings (SSSR count). The second-order valence-electron chi connectivity index (χ2n) is 13.3. The third-order valence-corrected chi connectivity index (χ3v) is 8.06. The van der Waals surface area contributed by atoms with Crippen molar-refractivity contribution in [3.05, 3.63) is 29.8 Å². The molecule has 1 unspecified atom stereocenters. The largest absolute Gasteiger partial charge is 0.427 e. The second-order valence-corrected chi connectivity index (χ2v) is 13.3. The first kappa shape index (κ1) is 21.9. The van der Waals surface area contributed by atoms with Gasteiger partial charge in [-0.3, -0.25) is 4.79 Å². The van der Waals surface area contributed by atoms with Crippen LogP contribution in [0.4, 0.5) is 0 Å². The van der Waals surface area contributed by atoms with E-state index in [1.165, 1.54) is 44.1 Å². The van der Waals surface area contributed by atoms with Crippen molar-refractivity contribution < 1.29 is 9.53 Å². The molecule has 4 bridgehead atoms. The van der Waals surface area contributed by atoms with Crippen LogP contribution in [0.15, 0.2) is 24.3 Å². The quantitative estimate of drug-likeness (QED) is 0.366. The van der Waals surface area contributed by atoms with E-state index in [9.17, 15) is 4.79 Å². The van der Waals surface area contributed by atoms with E-state index in [2.05, 4.69) is 53.7 Å². The first-order chi connectivity index (χ1) is 13.9. The van der Waals surface area contributed by atoms with Gasteiger partial charge >= 0.3 is 5.97 Å². The zero-order chi connectivity index (χ0) is 21.7. The summed E-state index contributed by atoms with van der Waals surface area (Å²) in [6.07, 6.45) is 9.78. The molecule has 0 saturated heterocycles. The van der Waals surface area contributed by atoms with E-state index in [4.69, 9.17) is 4.74 Å². The summed E-state index contributed by atoms with van der Waals surface area (Å²) >= 11 is 0. The van der Waals surface area contributed by atoms with Crippen LogP contribution in [0.25, 0.3) is 0 Å². The minimum Gasteiger partial charge on any atom is -0.427 e. The Balaban J connectivity index is 1.40. The molecule has 0 aromatic heterocycles. The molecule has 1 aromatic carbocycles. The SMILES string of the molecule is CC(C)(C)CC(c1ccc(OC(=O)CC23CC4CC(CC(C4)C2)C3)cc1)C(C)(C)C. The van der Waals surface area contributed by atoms with E-state index >= 15 is 0 Å². The fraction of sp³-hybridized carbons (Fsp3) is 0.750. The number of benzene rings is 1. The van der Waals surface area contributed by atoms with Gasteiger partial charge < -0.3 is 4.74 Å². The minimum absolute atomic E-state index is 0.0215. The van der Waals surface area contributed by atoms with Crippen LogP contribution in [-0.4, -0.2) is 5.97 Å². The van der Waals surface area contributed by atoms with E-state index in [0.29, 0.717) is 18.1 Å². The summed E-state index contributed by atoms with van der Waals surface area (Å²) in [5.41, 5.74) is 2.07. The Morgan fingerprint density at radius 1 is 0.933 bits per heavy atom. The number of hydrogen-bond acceptors (Lipinski definition) is 2. The number of esters is 1. The Labute approximate surface area is 184 Å². The molecular formula is C28H42O2. The first-order valence-electron chi connectivity index (χ1n) is 12.2.